The number of aryl methyl sites for hydroxylation is 2. The molecule has 0 bridgehead atoms. The molecule has 1 aliphatic heterocycles. The fourth-order valence-corrected chi connectivity index (χ4v) is 5.10. The molecular formula is C24H34N6O2S2. The summed E-state index contributed by atoms with van der Waals surface area (Å²) in [4.78, 5) is 30.6. The Morgan fingerprint density at radius 1 is 1.29 bits per heavy atom. The lowest BCUT2D eigenvalue weighted by Gasteiger charge is -2.35. The number of nitrogens with zero attached hydrogens (tertiary/aromatic N) is 5. The molecule has 0 atom stereocenters. The van der Waals surface area contributed by atoms with Crippen molar-refractivity contribution in [1.29, 1.82) is 0 Å². The van der Waals surface area contributed by atoms with Gasteiger partial charge in [-0.1, -0.05) is 6.07 Å². The molecule has 1 aliphatic rings. The fraction of sp³-hybridized carbons (Fsp3) is 0.500. The van der Waals surface area contributed by atoms with E-state index in [0.717, 1.165) is 52.3 Å². The maximum absolute atomic E-state index is 12.2. The van der Waals surface area contributed by atoms with E-state index in [0.29, 0.717) is 19.0 Å². The van der Waals surface area contributed by atoms with Crippen molar-refractivity contribution in [2.45, 2.75) is 46.8 Å². The summed E-state index contributed by atoms with van der Waals surface area (Å²) < 4.78 is 5.47. The van der Waals surface area contributed by atoms with Gasteiger partial charge in [0.05, 0.1) is 27.2 Å². The van der Waals surface area contributed by atoms with Gasteiger partial charge >= 0.3 is 6.09 Å². The predicted molar refractivity (Wildman–Crippen MR) is 143 cm³/mol. The monoisotopic (exact) mass is 502 g/mol. The lowest BCUT2D eigenvalue weighted by atomic mass is 10.2. The first-order chi connectivity index (χ1) is 16.1. The smallest absolute Gasteiger partial charge is 0.410 e. The second-order valence-corrected chi connectivity index (χ2v) is 11.2. The summed E-state index contributed by atoms with van der Waals surface area (Å²) in [6, 6.07) is 4.09. The van der Waals surface area contributed by atoms with Gasteiger partial charge in [0.1, 0.15) is 11.4 Å². The van der Waals surface area contributed by atoms with E-state index in [4.69, 9.17) is 4.74 Å². The number of thioether (sulfide) groups is 1. The summed E-state index contributed by atoms with van der Waals surface area (Å²) in [6.07, 6.45) is 1.67. The molecule has 184 valence electrons. The Kier molecular flexibility index (Phi) is 9.10. The van der Waals surface area contributed by atoms with Crippen LogP contribution in [0.5, 0.6) is 0 Å². The molecule has 0 saturated carbocycles. The maximum atomic E-state index is 12.2. The quantitative estimate of drug-likeness (QED) is 0.309. The highest BCUT2D eigenvalue weighted by Crippen LogP contribution is 2.28. The van der Waals surface area contributed by atoms with Gasteiger partial charge in [-0.2, -0.15) is 0 Å². The number of aromatic nitrogens is 2. The Morgan fingerprint density at radius 2 is 2.03 bits per heavy atom. The van der Waals surface area contributed by atoms with E-state index in [2.05, 4.69) is 38.0 Å². The molecule has 1 saturated heterocycles. The number of hydrogen-bond donors (Lipinski definition) is 1. The van der Waals surface area contributed by atoms with E-state index >= 15 is 0 Å². The summed E-state index contributed by atoms with van der Waals surface area (Å²) in [7, 11) is 0. The number of anilines is 1. The zero-order valence-corrected chi connectivity index (χ0v) is 22.3. The highest BCUT2D eigenvalue weighted by atomic mass is 32.2. The van der Waals surface area contributed by atoms with Crippen LogP contribution >= 0.6 is 23.1 Å². The summed E-state index contributed by atoms with van der Waals surface area (Å²) in [5.74, 6) is 1.51. The minimum atomic E-state index is -0.463. The number of piperazine rings is 1. The summed E-state index contributed by atoms with van der Waals surface area (Å²) >= 11 is 3.25. The van der Waals surface area contributed by atoms with Crippen LogP contribution in [0.4, 0.5) is 10.6 Å². The molecule has 1 fully saturated rings. The van der Waals surface area contributed by atoms with Crippen LogP contribution in [0.1, 0.15) is 41.9 Å². The molecule has 2 aromatic rings. The van der Waals surface area contributed by atoms with Gasteiger partial charge in [-0.05, 0) is 58.4 Å². The van der Waals surface area contributed by atoms with E-state index in [1.54, 1.807) is 28.0 Å². The zero-order chi connectivity index (χ0) is 24.7. The molecule has 0 radical (unpaired) electrons. The van der Waals surface area contributed by atoms with Crippen LogP contribution in [0.15, 0.2) is 28.7 Å². The van der Waals surface area contributed by atoms with Gasteiger partial charge in [-0.3, -0.25) is 9.89 Å². The summed E-state index contributed by atoms with van der Waals surface area (Å²) in [5, 5.41) is 6.36. The molecular weight excluding hydrogens is 468 g/mol. The van der Waals surface area contributed by atoms with Crippen molar-refractivity contribution in [2.75, 3.05) is 37.4 Å². The number of hydrogen-bond acceptors (Lipinski definition) is 9. The number of aliphatic imine (C=N–C) groups is 1. The van der Waals surface area contributed by atoms with E-state index < -0.39 is 5.60 Å². The van der Waals surface area contributed by atoms with Crippen LogP contribution in [-0.4, -0.2) is 70.2 Å². The van der Waals surface area contributed by atoms with Crippen molar-refractivity contribution in [1.82, 2.24) is 19.8 Å². The number of amides is 1. The van der Waals surface area contributed by atoms with Gasteiger partial charge in [0.15, 0.2) is 0 Å². The van der Waals surface area contributed by atoms with Crippen molar-refractivity contribution in [3.63, 3.8) is 0 Å². The van der Waals surface area contributed by atoms with Gasteiger partial charge in [-0.15, -0.1) is 23.1 Å². The Hall–Kier alpha value is -2.43. The number of rotatable bonds is 8. The Bertz CT molecular complexity index is 1010. The second-order valence-electron chi connectivity index (χ2n) is 9.09. The van der Waals surface area contributed by atoms with Crippen LogP contribution in [0.2, 0.25) is 0 Å². The Morgan fingerprint density at radius 3 is 2.59 bits per heavy atom. The number of pyridine rings is 1. The van der Waals surface area contributed by atoms with Gasteiger partial charge in [0.25, 0.3) is 0 Å². The Labute approximate surface area is 210 Å². The molecule has 3 rings (SSSR count). The van der Waals surface area contributed by atoms with Crippen molar-refractivity contribution in [3.8, 4) is 0 Å². The van der Waals surface area contributed by atoms with Crippen LogP contribution < -0.4 is 5.32 Å². The van der Waals surface area contributed by atoms with Gasteiger partial charge in [0, 0.05) is 38.9 Å². The van der Waals surface area contributed by atoms with Crippen LogP contribution in [0.3, 0.4) is 0 Å². The van der Waals surface area contributed by atoms with Crippen LogP contribution in [0, 0.1) is 13.8 Å². The lowest BCUT2D eigenvalue weighted by Crippen LogP contribution is -2.49. The molecule has 0 spiro atoms. The summed E-state index contributed by atoms with van der Waals surface area (Å²) in [5.41, 5.74) is 2.52. The number of thiazole rings is 1. The molecule has 0 aliphatic carbocycles. The molecule has 8 nitrogen and oxygen atoms in total. The standard InChI is InChI=1S/C24H34N6O2S2/c1-17-22(34-18(2)28-17)20(25-6)15-33-16-27-21-8-7-19(13-26-21)14-29-9-11-30(12-10-29)23(31)32-24(3,4)5/h7-8,13,15H,6,9-12,14,16H2,1-5H3,(H,26,27)/b20-15-. The third-order valence-electron chi connectivity index (χ3n) is 5.09. The predicted octanol–water partition coefficient (Wildman–Crippen LogP) is 5.01. The number of carbonyl (C=O) groups excluding carboxylic acids is 1. The number of ether oxygens (including phenoxy) is 1. The lowest BCUT2D eigenvalue weighted by molar-refractivity contribution is 0.0139. The molecule has 34 heavy (non-hydrogen) atoms. The third kappa shape index (κ3) is 7.82. The SMILES string of the molecule is C=N/C(=C\SCNc1ccc(CN2CCN(C(=O)OC(C)(C)C)CC2)cn1)c1sc(C)nc1C. The molecule has 0 unspecified atom stereocenters. The van der Waals surface area contributed by atoms with Crippen molar-refractivity contribution in [2.24, 2.45) is 4.99 Å². The molecule has 3 heterocycles. The minimum Gasteiger partial charge on any atom is -0.444 e. The van der Waals surface area contributed by atoms with Crippen LogP contribution in [-0.2, 0) is 11.3 Å². The topological polar surface area (TPSA) is 83.0 Å². The van der Waals surface area contributed by atoms with Crippen LogP contribution in [0.25, 0.3) is 5.70 Å². The molecule has 10 heteroatoms. The largest absolute Gasteiger partial charge is 0.444 e. The van der Waals surface area contributed by atoms with E-state index in [1.165, 1.54) is 0 Å². The van der Waals surface area contributed by atoms with E-state index in [9.17, 15) is 4.79 Å². The number of nitrogens with one attached hydrogen (secondary N) is 1. The molecule has 2 aromatic heterocycles. The van der Waals surface area contributed by atoms with Gasteiger partial charge in [-0.25, -0.2) is 14.8 Å². The summed E-state index contributed by atoms with van der Waals surface area (Å²) in [6.45, 7) is 17.2. The first-order valence-corrected chi connectivity index (χ1v) is 13.1. The fourth-order valence-electron chi connectivity index (χ4n) is 3.46. The highest BCUT2D eigenvalue weighted by Gasteiger charge is 2.25. The minimum absolute atomic E-state index is 0.231. The zero-order valence-electron chi connectivity index (χ0n) is 20.6. The maximum Gasteiger partial charge on any atom is 0.410 e. The average molecular weight is 503 g/mol. The highest BCUT2D eigenvalue weighted by molar-refractivity contribution is 8.02. The van der Waals surface area contributed by atoms with Crippen molar-refractivity contribution in [3.05, 3.63) is 44.9 Å². The normalized spacial score (nSPS) is 15.3. The van der Waals surface area contributed by atoms with Gasteiger partial charge in [0.2, 0.25) is 0 Å². The van der Waals surface area contributed by atoms with E-state index in [-0.39, 0.29) is 6.09 Å². The molecule has 1 N–H and O–H groups in total. The second kappa shape index (κ2) is 11.8. The average Bonchev–Trinajstić information content (AvgIpc) is 3.12. The Balaban J connectivity index is 1.42. The first kappa shape index (κ1) is 26.2. The van der Waals surface area contributed by atoms with Crippen molar-refractivity contribution < 1.29 is 9.53 Å². The van der Waals surface area contributed by atoms with Gasteiger partial charge < -0.3 is 15.0 Å². The van der Waals surface area contributed by atoms with E-state index in [1.807, 2.05) is 52.3 Å². The third-order valence-corrected chi connectivity index (χ3v) is 6.89. The number of carbonyl (C=O) groups is 1. The first-order valence-electron chi connectivity index (χ1n) is 11.3. The van der Waals surface area contributed by atoms with Crippen molar-refractivity contribution >= 4 is 47.4 Å². The molecule has 0 aromatic carbocycles. The molecule has 1 amide bonds.